The van der Waals surface area contributed by atoms with Gasteiger partial charge in [0.15, 0.2) is 0 Å². The molecule has 3 nitrogen and oxygen atoms in total. The highest BCUT2D eigenvalue weighted by Gasteiger charge is 1.99. The molecule has 2 aromatic carbocycles. The summed E-state index contributed by atoms with van der Waals surface area (Å²) in [4.78, 5) is 0. The second-order valence-corrected chi connectivity index (χ2v) is 5.89. The molecule has 2 N–H and O–H groups in total. The van der Waals surface area contributed by atoms with E-state index in [2.05, 4.69) is 15.9 Å². The second kappa shape index (κ2) is 8.05. The van der Waals surface area contributed by atoms with Gasteiger partial charge in [-0.15, -0.1) is 0 Å². The summed E-state index contributed by atoms with van der Waals surface area (Å²) in [6.45, 7) is 3.04. The summed E-state index contributed by atoms with van der Waals surface area (Å²) in [5.41, 5.74) is 7.00. The first kappa shape index (κ1) is 15.9. The minimum Gasteiger partial charge on any atom is -0.490 e. The maximum absolute atomic E-state index is 5.77. The third-order valence-electron chi connectivity index (χ3n) is 2.92. The van der Waals surface area contributed by atoms with Crippen LogP contribution in [0.4, 0.5) is 0 Å². The van der Waals surface area contributed by atoms with Gasteiger partial charge in [-0.2, -0.15) is 0 Å². The third-order valence-corrected chi connectivity index (χ3v) is 3.44. The first-order chi connectivity index (χ1) is 10.1. The minimum atomic E-state index is 0.177. The molecule has 0 aliphatic rings. The number of rotatable bonds is 7. The Kier molecular flexibility index (Phi) is 6.08. The summed E-state index contributed by atoms with van der Waals surface area (Å²) in [6.07, 6.45) is 0.882. The van der Waals surface area contributed by atoms with Crippen LogP contribution in [-0.2, 0) is 6.42 Å². The van der Waals surface area contributed by atoms with E-state index in [1.54, 1.807) is 0 Å². The number of halogens is 1. The number of benzene rings is 2. The lowest BCUT2D eigenvalue weighted by atomic mass is 10.1. The number of hydrogen-bond donors (Lipinski definition) is 1. The second-order valence-electron chi connectivity index (χ2n) is 4.98. The van der Waals surface area contributed by atoms with Gasteiger partial charge in [0.1, 0.15) is 24.7 Å². The van der Waals surface area contributed by atoms with Crippen LogP contribution in [0.3, 0.4) is 0 Å². The van der Waals surface area contributed by atoms with Crippen LogP contribution in [0.1, 0.15) is 12.5 Å². The zero-order valence-corrected chi connectivity index (χ0v) is 13.7. The van der Waals surface area contributed by atoms with E-state index >= 15 is 0 Å². The maximum atomic E-state index is 5.77. The van der Waals surface area contributed by atoms with E-state index in [0.717, 1.165) is 22.4 Å². The van der Waals surface area contributed by atoms with Gasteiger partial charge in [-0.05, 0) is 55.3 Å². The molecule has 0 heterocycles. The van der Waals surface area contributed by atoms with Crippen molar-refractivity contribution in [2.45, 2.75) is 19.4 Å². The molecule has 0 aromatic heterocycles. The Labute approximate surface area is 134 Å². The van der Waals surface area contributed by atoms with Crippen LogP contribution in [0.2, 0.25) is 0 Å². The number of hydrogen-bond acceptors (Lipinski definition) is 3. The predicted molar refractivity (Wildman–Crippen MR) is 88.9 cm³/mol. The molecule has 0 radical (unpaired) electrons. The topological polar surface area (TPSA) is 44.5 Å². The number of nitrogens with two attached hydrogens (primary N) is 1. The normalized spacial score (nSPS) is 12.0. The highest BCUT2D eigenvalue weighted by molar-refractivity contribution is 9.10. The molecule has 112 valence electrons. The molecule has 0 saturated carbocycles. The fourth-order valence-corrected chi connectivity index (χ4v) is 2.21. The van der Waals surface area contributed by atoms with Crippen molar-refractivity contribution in [3.63, 3.8) is 0 Å². The zero-order chi connectivity index (χ0) is 15.1. The fraction of sp³-hybridized carbons (Fsp3) is 0.294. The zero-order valence-electron chi connectivity index (χ0n) is 12.1. The van der Waals surface area contributed by atoms with Gasteiger partial charge in [0.2, 0.25) is 0 Å². The lowest BCUT2D eigenvalue weighted by Gasteiger charge is -2.10. The third kappa shape index (κ3) is 5.78. The molecule has 0 amide bonds. The molecule has 0 aliphatic carbocycles. The molecule has 0 fully saturated rings. The lowest BCUT2D eigenvalue weighted by molar-refractivity contribution is 0.217. The lowest BCUT2D eigenvalue weighted by Crippen LogP contribution is -2.17. The summed E-state index contributed by atoms with van der Waals surface area (Å²) >= 11 is 3.39. The molecule has 0 spiro atoms. The van der Waals surface area contributed by atoms with Crippen molar-refractivity contribution in [2.75, 3.05) is 13.2 Å². The van der Waals surface area contributed by atoms with Gasteiger partial charge in [-0.3, -0.25) is 0 Å². The Morgan fingerprint density at radius 3 is 1.86 bits per heavy atom. The van der Waals surface area contributed by atoms with E-state index in [1.807, 2.05) is 55.5 Å². The van der Waals surface area contributed by atoms with Crippen molar-refractivity contribution < 1.29 is 9.47 Å². The smallest absolute Gasteiger partial charge is 0.122 e. The van der Waals surface area contributed by atoms with E-state index < -0.39 is 0 Å². The van der Waals surface area contributed by atoms with Crippen LogP contribution >= 0.6 is 15.9 Å². The van der Waals surface area contributed by atoms with E-state index in [-0.39, 0.29) is 6.04 Å². The largest absolute Gasteiger partial charge is 0.490 e. The van der Waals surface area contributed by atoms with Crippen LogP contribution in [0.5, 0.6) is 11.5 Å². The maximum Gasteiger partial charge on any atom is 0.122 e. The Hall–Kier alpha value is -1.52. The summed E-state index contributed by atoms with van der Waals surface area (Å²) in [7, 11) is 0. The standard InChI is InChI=1S/C17H20BrNO2/c1-13(19)12-14-2-6-16(7-3-14)20-10-11-21-17-8-4-15(18)5-9-17/h2-9,13H,10-12,19H2,1H3. The van der Waals surface area contributed by atoms with Gasteiger partial charge in [-0.1, -0.05) is 28.1 Å². The summed E-state index contributed by atoms with van der Waals surface area (Å²) in [5, 5.41) is 0. The Morgan fingerprint density at radius 2 is 1.38 bits per heavy atom. The van der Waals surface area contributed by atoms with Crippen molar-refractivity contribution in [1.29, 1.82) is 0 Å². The monoisotopic (exact) mass is 349 g/mol. The molecular formula is C17H20BrNO2. The van der Waals surface area contributed by atoms with E-state index in [0.29, 0.717) is 13.2 Å². The molecular weight excluding hydrogens is 330 g/mol. The summed E-state index contributed by atoms with van der Waals surface area (Å²) < 4.78 is 12.3. The summed E-state index contributed by atoms with van der Waals surface area (Å²) in [5.74, 6) is 1.69. The number of ether oxygens (including phenoxy) is 2. The molecule has 0 bridgehead atoms. The van der Waals surface area contributed by atoms with E-state index in [4.69, 9.17) is 15.2 Å². The van der Waals surface area contributed by atoms with Gasteiger partial charge in [0.05, 0.1) is 0 Å². The molecule has 0 saturated heterocycles. The molecule has 2 rings (SSSR count). The van der Waals surface area contributed by atoms with Gasteiger partial charge >= 0.3 is 0 Å². The predicted octanol–water partition coefficient (Wildman–Crippen LogP) is 3.80. The molecule has 1 atom stereocenters. The van der Waals surface area contributed by atoms with Crippen molar-refractivity contribution in [2.24, 2.45) is 5.73 Å². The summed E-state index contributed by atoms with van der Waals surface area (Å²) in [6, 6.07) is 16.0. The Balaban J connectivity index is 1.72. The van der Waals surface area contributed by atoms with Crippen molar-refractivity contribution in [3.8, 4) is 11.5 Å². The highest BCUT2D eigenvalue weighted by atomic mass is 79.9. The first-order valence-electron chi connectivity index (χ1n) is 6.99. The van der Waals surface area contributed by atoms with Gasteiger partial charge < -0.3 is 15.2 Å². The molecule has 1 unspecified atom stereocenters. The molecule has 0 aliphatic heterocycles. The quantitative estimate of drug-likeness (QED) is 0.773. The molecule has 2 aromatic rings. The SMILES string of the molecule is CC(N)Cc1ccc(OCCOc2ccc(Br)cc2)cc1. The van der Waals surface area contributed by atoms with Gasteiger partial charge in [-0.25, -0.2) is 0 Å². The van der Waals surface area contributed by atoms with Crippen LogP contribution in [0.25, 0.3) is 0 Å². The van der Waals surface area contributed by atoms with Crippen LogP contribution in [0.15, 0.2) is 53.0 Å². The van der Waals surface area contributed by atoms with Crippen molar-refractivity contribution in [1.82, 2.24) is 0 Å². The average Bonchev–Trinajstić information content (AvgIpc) is 2.46. The van der Waals surface area contributed by atoms with Crippen LogP contribution in [-0.4, -0.2) is 19.3 Å². The van der Waals surface area contributed by atoms with Crippen molar-refractivity contribution in [3.05, 3.63) is 58.6 Å². The van der Waals surface area contributed by atoms with Crippen LogP contribution < -0.4 is 15.2 Å². The van der Waals surface area contributed by atoms with E-state index in [1.165, 1.54) is 5.56 Å². The Bertz CT molecular complexity index is 538. The van der Waals surface area contributed by atoms with Crippen LogP contribution in [0, 0.1) is 0 Å². The molecule has 4 heteroatoms. The van der Waals surface area contributed by atoms with Gasteiger partial charge in [0, 0.05) is 10.5 Å². The average molecular weight is 350 g/mol. The highest BCUT2D eigenvalue weighted by Crippen LogP contribution is 2.16. The van der Waals surface area contributed by atoms with Gasteiger partial charge in [0.25, 0.3) is 0 Å². The fourth-order valence-electron chi connectivity index (χ4n) is 1.94. The first-order valence-corrected chi connectivity index (χ1v) is 7.78. The van der Waals surface area contributed by atoms with Crippen molar-refractivity contribution >= 4 is 15.9 Å². The molecule has 21 heavy (non-hydrogen) atoms. The minimum absolute atomic E-state index is 0.177. The van der Waals surface area contributed by atoms with E-state index in [9.17, 15) is 0 Å². The Morgan fingerprint density at radius 1 is 0.905 bits per heavy atom.